The lowest BCUT2D eigenvalue weighted by molar-refractivity contribution is 0.0454. The van der Waals surface area contributed by atoms with Crippen molar-refractivity contribution >= 4 is 45.4 Å². The van der Waals surface area contributed by atoms with Gasteiger partial charge in [0.1, 0.15) is 22.4 Å². The number of piperidine rings is 1. The third-order valence-electron chi connectivity index (χ3n) is 8.49. The molecule has 0 radical (unpaired) electrons. The van der Waals surface area contributed by atoms with Crippen LogP contribution in [0.4, 0.5) is 10.1 Å². The summed E-state index contributed by atoms with van der Waals surface area (Å²) in [5.74, 6) is -0.421. The molecular formula is C34H37ClFN7O4S. The van der Waals surface area contributed by atoms with E-state index in [-0.39, 0.29) is 18.2 Å². The second-order valence-electron chi connectivity index (χ2n) is 12.4. The van der Waals surface area contributed by atoms with Gasteiger partial charge in [0, 0.05) is 47.9 Å². The number of esters is 1. The van der Waals surface area contributed by atoms with Crippen LogP contribution in [-0.4, -0.2) is 77.4 Å². The number of nitrogens with zero attached hydrogens (tertiary/aromatic N) is 6. The van der Waals surface area contributed by atoms with Gasteiger partial charge in [0.25, 0.3) is 11.3 Å². The van der Waals surface area contributed by atoms with Crippen molar-refractivity contribution < 1.29 is 22.7 Å². The average molecular weight is 694 g/mol. The molecule has 1 atom stereocenters. The molecule has 1 unspecified atom stereocenters. The fourth-order valence-corrected chi connectivity index (χ4v) is 6.76. The van der Waals surface area contributed by atoms with Gasteiger partial charge in [-0.05, 0) is 85.8 Å². The molecule has 0 aliphatic carbocycles. The van der Waals surface area contributed by atoms with Crippen LogP contribution in [0.15, 0.2) is 67.0 Å². The first kappa shape index (κ1) is 33.7. The van der Waals surface area contributed by atoms with E-state index in [0.717, 1.165) is 37.1 Å². The van der Waals surface area contributed by atoms with Crippen LogP contribution in [0.2, 0.25) is 5.15 Å². The smallest absolute Gasteiger partial charge is 0.355 e. The number of anilines is 1. The molecule has 1 aliphatic heterocycles. The highest BCUT2D eigenvalue weighted by atomic mass is 35.5. The van der Waals surface area contributed by atoms with Gasteiger partial charge in [-0.25, -0.2) is 18.4 Å². The number of carbonyl (C=O) groups excluding carboxylic acids is 1. The Balaban J connectivity index is 1.06. The molecule has 252 valence electrons. The Hall–Kier alpha value is -4.17. The number of H-pyrrole nitrogens is 1. The Kier molecular flexibility index (Phi) is 10.5. The maximum Gasteiger partial charge on any atom is 0.355 e. The van der Waals surface area contributed by atoms with Crippen molar-refractivity contribution in [3.63, 3.8) is 0 Å². The summed E-state index contributed by atoms with van der Waals surface area (Å²) in [6, 6.07) is 15.4. The van der Waals surface area contributed by atoms with Gasteiger partial charge in [0.05, 0.1) is 18.5 Å². The van der Waals surface area contributed by atoms with Crippen molar-refractivity contribution in [1.29, 1.82) is 0 Å². The minimum atomic E-state index is -2.18. The molecule has 1 fully saturated rings. The van der Waals surface area contributed by atoms with Crippen LogP contribution in [-0.2, 0) is 22.5 Å². The third-order valence-corrected chi connectivity index (χ3v) is 9.56. The van der Waals surface area contributed by atoms with Gasteiger partial charge >= 0.3 is 5.97 Å². The van der Waals surface area contributed by atoms with Crippen LogP contribution in [0.25, 0.3) is 33.3 Å². The number of pyridine rings is 1. The second-order valence-corrected chi connectivity index (χ2v) is 13.6. The van der Waals surface area contributed by atoms with Crippen molar-refractivity contribution in [1.82, 2.24) is 29.9 Å². The Morgan fingerprint density at radius 2 is 1.96 bits per heavy atom. The zero-order valence-electron chi connectivity index (χ0n) is 26.7. The van der Waals surface area contributed by atoms with Crippen LogP contribution >= 0.6 is 11.6 Å². The molecule has 0 amide bonds. The molecule has 48 heavy (non-hydrogen) atoms. The number of aromatic amines is 1. The standard InChI is InChI=1S/C34H37ClFN7O4S/c1-22(2)21-47-34(44)32-31(28-18-25(36)7-10-29(28)38-32)30-20-42(40-39-30)19-23-11-14-41(15-12-23)16-17-43(48(45)46)26-8-5-24(6-9-26)27-4-3-13-37-33(27)35/h3-10,13,18,20,22-23,38H,11-12,14-17,19,21H2,1-2H3,(H,45,46). The van der Waals surface area contributed by atoms with E-state index in [1.54, 1.807) is 23.1 Å². The number of halogens is 2. The highest BCUT2D eigenvalue weighted by Gasteiger charge is 2.25. The largest absolute Gasteiger partial charge is 0.461 e. The van der Waals surface area contributed by atoms with Gasteiger partial charge in [-0.2, -0.15) is 0 Å². The van der Waals surface area contributed by atoms with Crippen LogP contribution in [0, 0.1) is 17.7 Å². The van der Waals surface area contributed by atoms with Crippen molar-refractivity contribution in [2.24, 2.45) is 11.8 Å². The number of hydrogen-bond acceptors (Lipinski definition) is 7. The van der Waals surface area contributed by atoms with E-state index in [2.05, 4.69) is 25.2 Å². The molecule has 14 heteroatoms. The molecule has 11 nitrogen and oxygen atoms in total. The maximum atomic E-state index is 14.2. The van der Waals surface area contributed by atoms with E-state index in [1.807, 2.05) is 50.2 Å². The van der Waals surface area contributed by atoms with Crippen LogP contribution in [0.5, 0.6) is 0 Å². The minimum absolute atomic E-state index is 0.167. The van der Waals surface area contributed by atoms with Crippen molar-refractivity contribution in [2.75, 3.05) is 37.1 Å². The molecule has 1 aliphatic rings. The van der Waals surface area contributed by atoms with Crippen LogP contribution in [0.1, 0.15) is 37.2 Å². The van der Waals surface area contributed by atoms with Gasteiger partial charge in [0.2, 0.25) is 0 Å². The Morgan fingerprint density at radius 1 is 1.19 bits per heavy atom. The maximum absolute atomic E-state index is 14.2. The number of benzene rings is 2. The van der Waals surface area contributed by atoms with Gasteiger partial charge in [-0.3, -0.25) is 13.5 Å². The fraction of sp³-hybridized carbons (Fsp3) is 0.353. The minimum Gasteiger partial charge on any atom is -0.461 e. The lowest BCUT2D eigenvalue weighted by Crippen LogP contribution is -2.40. The van der Waals surface area contributed by atoms with E-state index in [9.17, 15) is 17.9 Å². The van der Waals surface area contributed by atoms with Crippen LogP contribution in [0.3, 0.4) is 0 Å². The first-order chi connectivity index (χ1) is 23.2. The normalized spacial score (nSPS) is 14.9. The Labute approximate surface area is 285 Å². The molecule has 0 spiro atoms. The van der Waals surface area contributed by atoms with Gasteiger partial charge in [-0.15, -0.1) is 5.10 Å². The number of ether oxygens (including phenoxy) is 1. The predicted octanol–water partition coefficient (Wildman–Crippen LogP) is 6.45. The van der Waals surface area contributed by atoms with Crippen molar-refractivity contribution in [3.05, 3.63) is 83.7 Å². The molecule has 1 saturated heterocycles. The van der Waals surface area contributed by atoms with Crippen molar-refractivity contribution in [3.8, 4) is 22.4 Å². The van der Waals surface area contributed by atoms with E-state index in [1.165, 1.54) is 16.4 Å². The topological polar surface area (TPSA) is 129 Å². The summed E-state index contributed by atoms with van der Waals surface area (Å²) in [4.78, 5) is 22.5. The molecular weight excluding hydrogens is 657 g/mol. The average Bonchev–Trinajstić information content (AvgIpc) is 3.69. The number of hydrogen-bond donors (Lipinski definition) is 2. The molecule has 3 aromatic heterocycles. The first-order valence-electron chi connectivity index (χ1n) is 15.9. The zero-order valence-corrected chi connectivity index (χ0v) is 28.3. The summed E-state index contributed by atoms with van der Waals surface area (Å²) in [6.45, 7) is 7.52. The summed E-state index contributed by atoms with van der Waals surface area (Å²) >= 11 is 4.05. The Bertz CT molecular complexity index is 1910. The van der Waals surface area contributed by atoms with Crippen LogP contribution < -0.4 is 4.31 Å². The molecule has 4 heterocycles. The zero-order chi connectivity index (χ0) is 33.8. The highest BCUT2D eigenvalue weighted by molar-refractivity contribution is 7.80. The third kappa shape index (κ3) is 7.75. The number of fused-ring (bicyclic) bond motifs is 1. The van der Waals surface area contributed by atoms with E-state index < -0.39 is 23.1 Å². The summed E-state index contributed by atoms with van der Waals surface area (Å²) in [6.07, 6.45) is 5.26. The summed E-state index contributed by atoms with van der Waals surface area (Å²) in [5, 5.41) is 9.65. The summed E-state index contributed by atoms with van der Waals surface area (Å²) in [7, 11) is 0. The second kappa shape index (κ2) is 14.9. The highest BCUT2D eigenvalue weighted by Crippen LogP contribution is 2.33. The predicted molar refractivity (Wildman–Crippen MR) is 184 cm³/mol. The van der Waals surface area contributed by atoms with Gasteiger partial charge < -0.3 is 14.6 Å². The number of carbonyl (C=O) groups is 1. The lowest BCUT2D eigenvalue weighted by atomic mass is 9.97. The molecule has 2 aromatic carbocycles. The molecule has 2 N–H and O–H groups in total. The van der Waals surface area contributed by atoms with E-state index >= 15 is 0 Å². The SMILES string of the molecule is CC(C)COC(=O)c1[nH]c2ccc(F)cc2c1-c1cn(CC2CCN(CCN(c3ccc(-c4cccnc4Cl)cc3)S(=O)O)CC2)nn1. The molecule has 5 aromatic rings. The summed E-state index contributed by atoms with van der Waals surface area (Å²) < 4.78 is 45.3. The lowest BCUT2D eigenvalue weighted by Gasteiger charge is -2.33. The summed E-state index contributed by atoms with van der Waals surface area (Å²) in [5.41, 5.74) is 4.10. The fourth-order valence-electron chi connectivity index (χ4n) is 6.00. The van der Waals surface area contributed by atoms with Crippen molar-refractivity contribution in [2.45, 2.75) is 33.2 Å². The van der Waals surface area contributed by atoms with E-state index in [4.69, 9.17) is 16.3 Å². The van der Waals surface area contributed by atoms with Gasteiger partial charge in [0.15, 0.2) is 0 Å². The monoisotopic (exact) mass is 693 g/mol. The number of nitrogens with one attached hydrogen (secondary N) is 1. The number of likely N-dealkylation sites (tertiary alicyclic amines) is 1. The first-order valence-corrected chi connectivity index (χ1v) is 17.3. The quantitative estimate of drug-likeness (QED) is 0.0867. The molecule has 0 saturated carbocycles. The number of aromatic nitrogens is 5. The molecule has 6 rings (SSSR count). The number of rotatable bonds is 12. The van der Waals surface area contributed by atoms with Gasteiger partial charge in [-0.1, -0.05) is 42.8 Å². The molecule has 0 bridgehead atoms. The van der Waals surface area contributed by atoms with E-state index in [0.29, 0.717) is 58.6 Å². The Morgan fingerprint density at radius 3 is 2.67 bits per heavy atom.